The Hall–Kier alpha value is -1.61. The van der Waals surface area contributed by atoms with Gasteiger partial charge in [-0.2, -0.15) is 0 Å². The Morgan fingerprint density at radius 2 is 1.90 bits per heavy atom. The van der Waals surface area contributed by atoms with Crippen LogP contribution in [0.5, 0.6) is 0 Å². The number of fused-ring (bicyclic) bond motifs is 1. The fourth-order valence-corrected chi connectivity index (χ4v) is 3.14. The average molecular weight is 331 g/mol. The summed E-state index contributed by atoms with van der Waals surface area (Å²) in [5.74, 6) is -0.298. The Bertz CT molecular complexity index is 677. The molecule has 0 fully saturated rings. The normalized spacial score (nSPS) is 13.1. The van der Waals surface area contributed by atoms with E-state index in [0.717, 1.165) is 28.4 Å². The number of methoxy groups -OCH3 is 1. The van der Waals surface area contributed by atoms with Crippen LogP contribution in [0.3, 0.4) is 0 Å². The van der Waals surface area contributed by atoms with Crippen molar-refractivity contribution in [2.75, 3.05) is 7.11 Å². The van der Waals surface area contributed by atoms with Gasteiger partial charge in [-0.25, -0.2) is 4.79 Å². The quantitative estimate of drug-likeness (QED) is 0.763. The van der Waals surface area contributed by atoms with E-state index in [4.69, 9.17) is 4.74 Å². The van der Waals surface area contributed by atoms with Crippen molar-refractivity contribution in [1.82, 2.24) is 0 Å². The van der Waals surface area contributed by atoms with Crippen molar-refractivity contribution in [3.05, 3.63) is 57.6 Å². The van der Waals surface area contributed by atoms with E-state index in [2.05, 4.69) is 34.1 Å². The summed E-state index contributed by atoms with van der Waals surface area (Å²) >= 11 is 3.47. The van der Waals surface area contributed by atoms with E-state index in [1.54, 1.807) is 6.07 Å². The second-order valence-electron chi connectivity index (χ2n) is 5.02. The van der Waals surface area contributed by atoms with Crippen LogP contribution < -0.4 is 0 Å². The summed E-state index contributed by atoms with van der Waals surface area (Å²) in [6, 6.07) is 12.1. The number of hydrogen-bond donors (Lipinski definition) is 0. The van der Waals surface area contributed by atoms with E-state index < -0.39 is 0 Å². The minimum absolute atomic E-state index is 0.298. The third-order valence-corrected chi connectivity index (χ3v) is 4.29. The van der Waals surface area contributed by atoms with Crippen LogP contribution in [0.15, 0.2) is 40.9 Å². The molecule has 1 aliphatic rings. The molecular formula is C17H15BrO2. The Kier molecular flexibility index (Phi) is 3.62. The number of ether oxygens (including phenoxy) is 1. The molecule has 0 saturated carbocycles. The van der Waals surface area contributed by atoms with Gasteiger partial charge in [0.15, 0.2) is 0 Å². The third-order valence-electron chi connectivity index (χ3n) is 3.80. The molecule has 0 radical (unpaired) electrons. The van der Waals surface area contributed by atoms with E-state index in [1.807, 2.05) is 12.1 Å². The van der Waals surface area contributed by atoms with Crippen molar-refractivity contribution < 1.29 is 9.53 Å². The highest BCUT2D eigenvalue weighted by Gasteiger charge is 2.16. The number of carbonyl (C=O) groups excluding carboxylic acids is 1. The first kappa shape index (κ1) is 13.4. The maximum absolute atomic E-state index is 11.9. The zero-order chi connectivity index (χ0) is 14.1. The second-order valence-corrected chi connectivity index (χ2v) is 5.93. The smallest absolute Gasteiger partial charge is 0.338 e. The lowest BCUT2D eigenvalue weighted by Crippen LogP contribution is -2.03. The molecule has 3 heteroatoms. The Labute approximate surface area is 126 Å². The zero-order valence-corrected chi connectivity index (χ0v) is 12.9. The number of esters is 1. The second kappa shape index (κ2) is 5.41. The van der Waals surface area contributed by atoms with Crippen LogP contribution in [-0.2, 0) is 17.6 Å². The first-order chi connectivity index (χ1) is 9.69. The van der Waals surface area contributed by atoms with Gasteiger partial charge in [-0.05, 0) is 59.7 Å². The Morgan fingerprint density at radius 3 is 2.70 bits per heavy atom. The summed E-state index contributed by atoms with van der Waals surface area (Å²) < 4.78 is 5.84. The molecular weight excluding hydrogens is 316 g/mol. The SMILES string of the molecule is COC(=O)c1ccc(Br)cc1-c1ccc2c(c1)CCC2. The van der Waals surface area contributed by atoms with Gasteiger partial charge in [-0.1, -0.05) is 34.1 Å². The number of aryl methyl sites for hydroxylation is 2. The maximum atomic E-state index is 11.9. The molecule has 0 unspecified atom stereocenters. The van der Waals surface area contributed by atoms with Gasteiger partial charge in [0.1, 0.15) is 0 Å². The lowest BCUT2D eigenvalue weighted by Gasteiger charge is -2.10. The highest BCUT2D eigenvalue weighted by Crippen LogP contribution is 2.32. The van der Waals surface area contributed by atoms with Crippen LogP contribution in [0.2, 0.25) is 0 Å². The zero-order valence-electron chi connectivity index (χ0n) is 11.3. The van der Waals surface area contributed by atoms with Gasteiger partial charge in [-0.3, -0.25) is 0 Å². The Balaban J connectivity index is 2.13. The van der Waals surface area contributed by atoms with Crippen molar-refractivity contribution >= 4 is 21.9 Å². The van der Waals surface area contributed by atoms with Crippen LogP contribution in [0.25, 0.3) is 11.1 Å². The van der Waals surface area contributed by atoms with Crippen LogP contribution in [0.1, 0.15) is 27.9 Å². The van der Waals surface area contributed by atoms with E-state index in [0.29, 0.717) is 5.56 Å². The molecule has 2 aromatic carbocycles. The van der Waals surface area contributed by atoms with Crippen molar-refractivity contribution in [2.24, 2.45) is 0 Å². The van der Waals surface area contributed by atoms with E-state index in [9.17, 15) is 4.79 Å². The monoisotopic (exact) mass is 330 g/mol. The number of benzene rings is 2. The molecule has 0 N–H and O–H groups in total. The van der Waals surface area contributed by atoms with Gasteiger partial charge < -0.3 is 4.74 Å². The standard InChI is InChI=1S/C17H15BrO2/c1-20-17(19)15-8-7-14(18)10-16(15)13-6-5-11-3-2-4-12(11)9-13/h5-10H,2-4H2,1H3. The molecule has 0 heterocycles. The highest BCUT2D eigenvalue weighted by atomic mass is 79.9. The minimum Gasteiger partial charge on any atom is -0.465 e. The molecule has 2 nitrogen and oxygen atoms in total. The number of carbonyl (C=O) groups is 1. The number of hydrogen-bond acceptors (Lipinski definition) is 2. The van der Waals surface area contributed by atoms with Crippen LogP contribution >= 0.6 is 15.9 Å². The maximum Gasteiger partial charge on any atom is 0.338 e. The van der Waals surface area contributed by atoms with Crippen molar-refractivity contribution in [1.29, 1.82) is 0 Å². The fourth-order valence-electron chi connectivity index (χ4n) is 2.78. The molecule has 0 aliphatic heterocycles. The van der Waals surface area contributed by atoms with Gasteiger partial charge in [0.05, 0.1) is 12.7 Å². The van der Waals surface area contributed by atoms with Crippen LogP contribution in [0, 0.1) is 0 Å². The average Bonchev–Trinajstić information content (AvgIpc) is 2.93. The molecule has 0 saturated heterocycles. The van der Waals surface area contributed by atoms with Crippen molar-refractivity contribution in [2.45, 2.75) is 19.3 Å². The van der Waals surface area contributed by atoms with E-state index in [1.165, 1.54) is 24.7 Å². The van der Waals surface area contributed by atoms with E-state index in [-0.39, 0.29) is 5.97 Å². The molecule has 0 spiro atoms. The van der Waals surface area contributed by atoms with Gasteiger partial charge in [0.2, 0.25) is 0 Å². The molecule has 102 valence electrons. The predicted octanol–water partition coefficient (Wildman–Crippen LogP) is 4.39. The van der Waals surface area contributed by atoms with Gasteiger partial charge in [0, 0.05) is 4.47 Å². The summed E-state index contributed by atoms with van der Waals surface area (Å²) in [7, 11) is 1.41. The summed E-state index contributed by atoms with van der Waals surface area (Å²) in [5, 5.41) is 0. The first-order valence-corrected chi connectivity index (χ1v) is 7.48. The van der Waals surface area contributed by atoms with Crippen LogP contribution in [-0.4, -0.2) is 13.1 Å². The molecule has 2 aromatic rings. The molecule has 0 bridgehead atoms. The van der Waals surface area contributed by atoms with Gasteiger partial charge in [0.25, 0.3) is 0 Å². The summed E-state index contributed by atoms with van der Waals surface area (Å²) in [6.45, 7) is 0. The number of rotatable bonds is 2. The molecule has 3 rings (SSSR count). The van der Waals surface area contributed by atoms with Crippen LogP contribution in [0.4, 0.5) is 0 Å². The fraction of sp³-hybridized carbons (Fsp3) is 0.235. The van der Waals surface area contributed by atoms with Crippen molar-refractivity contribution in [3.8, 4) is 11.1 Å². The lowest BCUT2D eigenvalue weighted by atomic mass is 9.96. The molecule has 0 amide bonds. The third kappa shape index (κ3) is 2.38. The summed E-state index contributed by atoms with van der Waals surface area (Å²) in [5.41, 5.74) is 5.43. The number of halogens is 1. The molecule has 20 heavy (non-hydrogen) atoms. The predicted molar refractivity (Wildman–Crippen MR) is 82.9 cm³/mol. The first-order valence-electron chi connectivity index (χ1n) is 6.69. The van der Waals surface area contributed by atoms with Gasteiger partial charge >= 0.3 is 5.97 Å². The molecule has 0 atom stereocenters. The lowest BCUT2D eigenvalue weighted by molar-refractivity contribution is 0.0601. The minimum atomic E-state index is -0.298. The van der Waals surface area contributed by atoms with E-state index >= 15 is 0 Å². The largest absolute Gasteiger partial charge is 0.465 e. The molecule has 1 aliphatic carbocycles. The Morgan fingerprint density at radius 1 is 1.10 bits per heavy atom. The van der Waals surface area contributed by atoms with Crippen molar-refractivity contribution in [3.63, 3.8) is 0 Å². The summed E-state index contributed by atoms with van der Waals surface area (Å²) in [6.07, 6.45) is 3.52. The summed E-state index contributed by atoms with van der Waals surface area (Å²) in [4.78, 5) is 11.9. The topological polar surface area (TPSA) is 26.3 Å². The van der Waals surface area contributed by atoms with Gasteiger partial charge in [-0.15, -0.1) is 0 Å². The highest BCUT2D eigenvalue weighted by molar-refractivity contribution is 9.10. The molecule has 0 aromatic heterocycles.